The monoisotopic (exact) mass is 308 g/mol. The molecule has 1 N–H and O–H groups in total. The molecule has 1 heterocycles. The molecule has 0 unspecified atom stereocenters. The van der Waals surface area contributed by atoms with Gasteiger partial charge in [-0.1, -0.05) is 32.6 Å². The summed E-state index contributed by atoms with van der Waals surface area (Å²) in [6.07, 6.45) is 13.5. The van der Waals surface area contributed by atoms with Crippen molar-refractivity contribution < 1.29 is 5.11 Å². The number of likely N-dealkylation sites (tertiary alicyclic amines) is 1. The van der Waals surface area contributed by atoms with Crippen molar-refractivity contribution in [1.29, 1.82) is 0 Å². The number of aliphatic hydroxyl groups is 1. The molecule has 2 saturated carbocycles. The summed E-state index contributed by atoms with van der Waals surface area (Å²) in [5.74, 6) is 0.877. The number of hydrogen-bond acceptors (Lipinski definition) is 3. The summed E-state index contributed by atoms with van der Waals surface area (Å²) in [5, 5.41) is 10.7. The molecule has 0 spiro atoms. The summed E-state index contributed by atoms with van der Waals surface area (Å²) in [6, 6.07) is 1.53. The fourth-order valence-electron chi connectivity index (χ4n) is 4.91. The van der Waals surface area contributed by atoms with Crippen molar-refractivity contribution in [3.05, 3.63) is 0 Å². The summed E-state index contributed by atoms with van der Waals surface area (Å²) in [5.41, 5.74) is 0. The van der Waals surface area contributed by atoms with Crippen LogP contribution in [0.5, 0.6) is 0 Å². The van der Waals surface area contributed by atoms with E-state index in [-0.39, 0.29) is 6.10 Å². The number of aliphatic hydroxyl groups excluding tert-OH is 1. The molecular formula is C19H36N2O. The van der Waals surface area contributed by atoms with E-state index in [2.05, 4.69) is 16.7 Å². The van der Waals surface area contributed by atoms with E-state index >= 15 is 0 Å². The third-order valence-electron chi connectivity index (χ3n) is 6.35. The zero-order chi connectivity index (χ0) is 15.4. The highest BCUT2D eigenvalue weighted by Crippen LogP contribution is 2.31. The van der Waals surface area contributed by atoms with Crippen LogP contribution in [0.2, 0.25) is 0 Å². The molecule has 3 rings (SSSR count). The van der Waals surface area contributed by atoms with Gasteiger partial charge in [0.15, 0.2) is 0 Å². The normalized spacial score (nSPS) is 28.0. The average molecular weight is 309 g/mol. The summed E-state index contributed by atoms with van der Waals surface area (Å²) < 4.78 is 0. The van der Waals surface area contributed by atoms with Crippen molar-refractivity contribution in [2.24, 2.45) is 5.92 Å². The summed E-state index contributed by atoms with van der Waals surface area (Å²) in [6.45, 7) is 6.54. The van der Waals surface area contributed by atoms with Gasteiger partial charge in [0.05, 0.1) is 6.10 Å². The fourth-order valence-corrected chi connectivity index (χ4v) is 4.91. The molecule has 3 nitrogen and oxygen atoms in total. The topological polar surface area (TPSA) is 26.7 Å². The van der Waals surface area contributed by atoms with Crippen LogP contribution in [0.4, 0.5) is 0 Å². The molecule has 0 aromatic carbocycles. The Labute approximate surface area is 137 Å². The van der Waals surface area contributed by atoms with Crippen molar-refractivity contribution in [2.45, 2.75) is 89.3 Å². The Morgan fingerprint density at radius 1 is 0.909 bits per heavy atom. The Kier molecular flexibility index (Phi) is 6.17. The average Bonchev–Trinajstić information content (AvgIpc) is 3.21. The zero-order valence-electron chi connectivity index (χ0n) is 14.6. The molecule has 2 aliphatic carbocycles. The number of rotatable bonds is 6. The Morgan fingerprint density at radius 2 is 1.41 bits per heavy atom. The zero-order valence-corrected chi connectivity index (χ0v) is 14.6. The minimum absolute atomic E-state index is 0.158. The second-order valence-corrected chi connectivity index (χ2v) is 8.21. The minimum Gasteiger partial charge on any atom is -0.390 e. The van der Waals surface area contributed by atoms with E-state index in [0.717, 1.165) is 31.1 Å². The van der Waals surface area contributed by atoms with Gasteiger partial charge in [-0.3, -0.25) is 4.90 Å². The minimum atomic E-state index is -0.158. The molecule has 22 heavy (non-hydrogen) atoms. The molecule has 0 aromatic heterocycles. The smallest absolute Gasteiger partial charge is 0.0794 e. The van der Waals surface area contributed by atoms with Crippen molar-refractivity contribution in [1.82, 2.24) is 9.80 Å². The second-order valence-electron chi connectivity index (χ2n) is 8.21. The molecule has 0 amide bonds. The van der Waals surface area contributed by atoms with Gasteiger partial charge < -0.3 is 10.0 Å². The van der Waals surface area contributed by atoms with E-state index in [1.807, 2.05) is 0 Å². The SMILES string of the molecule is CC1CCN(C[C@@H](O)CN(C2CCCC2)C2CCCC2)CC1. The van der Waals surface area contributed by atoms with Crippen LogP contribution in [0.1, 0.15) is 71.1 Å². The first-order valence-electron chi connectivity index (χ1n) is 9.88. The van der Waals surface area contributed by atoms with Gasteiger partial charge in [-0.25, -0.2) is 0 Å². The lowest BCUT2D eigenvalue weighted by Crippen LogP contribution is -2.48. The number of hydrogen-bond donors (Lipinski definition) is 1. The van der Waals surface area contributed by atoms with Gasteiger partial charge in [0, 0.05) is 25.2 Å². The third-order valence-corrected chi connectivity index (χ3v) is 6.35. The Hall–Kier alpha value is -0.120. The van der Waals surface area contributed by atoms with E-state index < -0.39 is 0 Å². The van der Waals surface area contributed by atoms with Crippen molar-refractivity contribution >= 4 is 0 Å². The summed E-state index contributed by atoms with van der Waals surface area (Å²) in [7, 11) is 0. The van der Waals surface area contributed by atoms with Gasteiger partial charge >= 0.3 is 0 Å². The van der Waals surface area contributed by atoms with Gasteiger partial charge in [-0.15, -0.1) is 0 Å². The third kappa shape index (κ3) is 4.46. The van der Waals surface area contributed by atoms with Crippen molar-refractivity contribution in [3.63, 3.8) is 0 Å². The fraction of sp³-hybridized carbons (Fsp3) is 1.00. The molecule has 0 bridgehead atoms. The summed E-state index contributed by atoms with van der Waals surface area (Å²) >= 11 is 0. The van der Waals surface area contributed by atoms with Gasteiger partial charge in [-0.05, 0) is 57.5 Å². The molecule has 0 aromatic rings. The highest BCUT2D eigenvalue weighted by Gasteiger charge is 2.32. The predicted octanol–water partition coefficient (Wildman–Crippen LogP) is 3.27. The largest absolute Gasteiger partial charge is 0.390 e. The lowest BCUT2D eigenvalue weighted by Gasteiger charge is -2.38. The van der Waals surface area contributed by atoms with Crippen LogP contribution >= 0.6 is 0 Å². The van der Waals surface area contributed by atoms with Gasteiger partial charge in [0.1, 0.15) is 0 Å². The van der Waals surface area contributed by atoms with E-state index in [1.54, 1.807) is 0 Å². The molecule has 3 fully saturated rings. The maximum absolute atomic E-state index is 10.7. The number of piperidine rings is 1. The molecule has 3 heteroatoms. The molecule has 0 radical (unpaired) electrons. The molecule has 1 saturated heterocycles. The lowest BCUT2D eigenvalue weighted by molar-refractivity contribution is 0.0306. The van der Waals surface area contributed by atoms with Crippen LogP contribution in [0, 0.1) is 5.92 Å². The Morgan fingerprint density at radius 3 is 1.91 bits per heavy atom. The van der Waals surface area contributed by atoms with Crippen LogP contribution in [0.15, 0.2) is 0 Å². The van der Waals surface area contributed by atoms with Crippen LogP contribution in [-0.4, -0.2) is 59.3 Å². The number of nitrogens with zero attached hydrogens (tertiary/aromatic N) is 2. The van der Waals surface area contributed by atoms with Crippen LogP contribution in [-0.2, 0) is 0 Å². The van der Waals surface area contributed by atoms with Gasteiger partial charge in [0.2, 0.25) is 0 Å². The first-order valence-corrected chi connectivity index (χ1v) is 9.88. The molecule has 1 atom stereocenters. The summed E-state index contributed by atoms with van der Waals surface area (Å²) in [4.78, 5) is 5.21. The van der Waals surface area contributed by atoms with Crippen LogP contribution < -0.4 is 0 Å². The van der Waals surface area contributed by atoms with Crippen LogP contribution in [0.3, 0.4) is 0 Å². The molecular weight excluding hydrogens is 272 g/mol. The highest BCUT2D eigenvalue weighted by atomic mass is 16.3. The van der Waals surface area contributed by atoms with Gasteiger partial charge in [0.25, 0.3) is 0 Å². The van der Waals surface area contributed by atoms with E-state index in [1.165, 1.54) is 77.3 Å². The standard InChI is InChI=1S/C19H36N2O/c1-16-10-12-20(13-11-16)14-19(22)15-21(17-6-2-3-7-17)18-8-4-5-9-18/h16-19,22H,2-15H2,1H3/t19-/m1/s1. The maximum Gasteiger partial charge on any atom is 0.0794 e. The first-order chi connectivity index (χ1) is 10.7. The Balaban J connectivity index is 1.50. The second kappa shape index (κ2) is 8.12. The quantitative estimate of drug-likeness (QED) is 0.816. The highest BCUT2D eigenvalue weighted by molar-refractivity contribution is 4.87. The Bertz CT molecular complexity index is 299. The van der Waals surface area contributed by atoms with E-state index in [9.17, 15) is 5.11 Å². The molecule has 3 aliphatic rings. The van der Waals surface area contributed by atoms with E-state index in [0.29, 0.717) is 0 Å². The molecule has 1 aliphatic heterocycles. The predicted molar refractivity (Wildman–Crippen MR) is 92.1 cm³/mol. The first kappa shape index (κ1) is 16.7. The van der Waals surface area contributed by atoms with Crippen molar-refractivity contribution in [3.8, 4) is 0 Å². The van der Waals surface area contributed by atoms with Crippen LogP contribution in [0.25, 0.3) is 0 Å². The van der Waals surface area contributed by atoms with Gasteiger partial charge in [-0.2, -0.15) is 0 Å². The number of β-amino-alcohol motifs (C(OH)–C–C–N with tert-alkyl or cyclic N) is 1. The maximum atomic E-state index is 10.7. The van der Waals surface area contributed by atoms with Crippen molar-refractivity contribution in [2.75, 3.05) is 26.2 Å². The lowest BCUT2D eigenvalue weighted by atomic mass is 9.99. The molecule has 128 valence electrons. The van der Waals surface area contributed by atoms with E-state index in [4.69, 9.17) is 0 Å².